The first kappa shape index (κ1) is 22.1. The van der Waals surface area contributed by atoms with Crippen LogP contribution in [0.2, 0.25) is 0 Å². The van der Waals surface area contributed by atoms with E-state index in [0.717, 1.165) is 5.56 Å². The molecule has 0 aliphatic carbocycles. The largest absolute Gasteiger partial charge is 0.497 e. The summed E-state index contributed by atoms with van der Waals surface area (Å²) in [6.07, 6.45) is 1.76. The van der Waals surface area contributed by atoms with E-state index in [0.29, 0.717) is 17.9 Å². The third-order valence-electron chi connectivity index (χ3n) is 4.65. The molecule has 0 saturated heterocycles. The first-order valence-electron chi connectivity index (χ1n) is 9.38. The molecule has 3 atom stereocenters. The zero-order valence-corrected chi connectivity index (χ0v) is 16.7. The van der Waals surface area contributed by atoms with Gasteiger partial charge in [0.2, 0.25) is 5.92 Å². The fraction of sp³-hybridized carbons (Fsp3) is 0.364. The standard InChI is InChI=1S/C22H25NO6/c1-4-14(2)29-22(27)19(21(25)26)20(24)17(18-7-5-6-12-23-18)13-15-8-10-16(28-3)11-9-15/h5-12,14,17,19H,4,13H2,1-3H3,(H,25,26). The summed E-state index contributed by atoms with van der Waals surface area (Å²) in [5.74, 6) is -5.48. The second kappa shape index (κ2) is 10.4. The van der Waals surface area contributed by atoms with Gasteiger partial charge in [-0.1, -0.05) is 25.1 Å². The van der Waals surface area contributed by atoms with Crippen molar-refractivity contribution in [2.24, 2.45) is 5.92 Å². The van der Waals surface area contributed by atoms with Gasteiger partial charge in [0.25, 0.3) is 0 Å². The highest BCUT2D eigenvalue weighted by Crippen LogP contribution is 2.26. The van der Waals surface area contributed by atoms with E-state index in [9.17, 15) is 19.5 Å². The second-order valence-corrected chi connectivity index (χ2v) is 6.69. The van der Waals surface area contributed by atoms with E-state index in [2.05, 4.69) is 4.98 Å². The van der Waals surface area contributed by atoms with Crippen molar-refractivity contribution in [2.45, 2.75) is 38.7 Å². The Bertz CT molecular complexity index is 834. The first-order valence-corrected chi connectivity index (χ1v) is 9.38. The molecule has 0 fully saturated rings. The number of pyridine rings is 1. The van der Waals surface area contributed by atoms with Gasteiger partial charge in [0, 0.05) is 6.20 Å². The fourth-order valence-corrected chi connectivity index (χ4v) is 2.82. The molecular weight excluding hydrogens is 374 g/mol. The summed E-state index contributed by atoms with van der Waals surface area (Å²) in [5.41, 5.74) is 1.19. The molecule has 1 aromatic heterocycles. The van der Waals surface area contributed by atoms with Gasteiger partial charge < -0.3 is 14.6 Å². The van der Waals surface area contributed by atoms with Crippen molar-refractivity contribution in [1.82, 2.24) is 4.98 Å². The van der Waals surface area contributed by atoms with Crippen molar-refractivity contribution in [3.63, 3.8) is 0 Å². The minimum atomic E-state index is -1.91. The van der Waals surface area contributed by atoms with Gasteiger partial charge in [0.15, 0.2) is 5.78 Å². The summed E-state index contributed by atoms with van der Waals surface area (Å²) in [6.45, 7) is 3.45. The van der Waals surface area contributed by atoms with Gasteiger partial charge in [-0.05, 0) is 49.6 Å². The number of ether oxygens (including phenoxy) is 2. The minimum absolute atomic E-state index is 0.195. The third-order valence-corrected chi connectivity index (χ3v) is 4.65. The number of ketones is 1. The van der Waals surface area contributed by atoms with Crippen molar-refractivity contribution in [1.29, 1.82) is 0 Å². The first-order chi connectivity index (χ1) is 13.9. The topological polar surface area (TPSA) is 103 Å². The van der Waals surface area contributed by atoms with E-state index in [1.165, 1.54) is 6.20 Å². The number of aliphatic carboxylic acids is 1. The van der Waals surface area contributed by atoms with Gasteiger partial charge in [-0.2, -0.15) is 0 Å². The number of benzene rings is 1. The quantitative estimate of drug-likeness (QED) is 0.484. The highest BCUT2D eigenvalue weighted by Gasteiger charge is 2.41. The Morgan fingerprint density at radius 2 is 1.79 bits per heavy atom. The molecule has 7 nitrogen and oxygen atoms in total. The molecule has 0 saturated carbocycles. The van der Waals surface area contributed by atoms with E-state index >= 15 is 0 Å². The van der Waals surface area contributed by atoms with Crippen LogP contribution < -0.4 is 4.74 Å². The number of rotatable bonds is 10. The fourth-order valence-electron chi connectivity index (χ4n) is 2.82. The van der Waals surface area contributed by atoms with Crippen LogP contribution in [0.3, 0.4) is 0 Å². The third kappa shape index (κ3) is 5.88. The Kier molecular flexibility index (Phi) is 7.88. The zero-order valence-electron chi connectivity index (χ0n) is 16.7. The molecule has 1 aromatic carbocycles. The predicted octanol–water partition coefficient (Wildman–Crippen LogP) is 3.03. The number of hydrogen-bond donors (Lipinski definition) is 1. The predicted molar refractivity (Wildman–Crippen MR) is 106 cm³/mol. The van der Waals surface area contributed by atoms with Crippen molar-refractivity contribution in [3.05, 3.63) is 59.9 Å². The number of carboxylic acids is 1. The highest BCUT2D eigenvalue weighted by atomic mass is 16.5. The summed E-state index contributed by atoms with van der Waals surface area (Å²) in [4.78, 5) is 41.6. The Labute approximate surface area is 169 Å². The molecule has 0 aliphatic heterocycles. The van der Waals surface area contributed by atoms with Gasteiger partial charge in [-0.25, -0.2) is 0 Å². The van der Waals surface area contributed by atoms with Crippen LogP contribution in [0.25, 0.3) is 0 Å². The molecule has 154 valence electrons. The van der Waals surface area contributed by atoms with Crippen LogP contribution >= 0.6 is 0 Å². The Hall–Kier alpha value is -3.22. The smallest absolute Gasteiger partial charge is 0.328 e. The number of esters is 1. The molecule has 0 aliphatic rings. The molecule has 1 heterocycles. The maximum atomic E-state index is 13.2. The van der Waals surface area contributed by atoms with Crippen LogP contribution in [-0.2, 0) is 25.5 Å². The molecule has 2 aromatic rings. The molecule has 0 spiro atoms. The number of carboxylic acid groups (broad SMARTS) is 1. The normalized spacial score (nSPS) is 13.8. The molecule has 2 rings (SSSR count). The SMILES string of the molecule is CCC(C)OC(=O)C(C(=O)O)C(=O)C(Cc1ccc(OC)cc1)c1ccccn1. The van der Waals surface area contributed by atoms with E-state index in [4.69, 9.17) is 9.47 Å². The summed E-state index contributed by atoms with van der Waals surface area (Å²) >= 11 is 0. The maximum absolute atomic E-state index is 13.2. The Morgan fingerprint density at radius 3 is 2.31 bits per heavy atom. The summed E-state index contributed by atoms with van der Waals surface area (Å²) in [5, 5.41) is 9.57. The highest BCUT2D eigenvalue weighted by molar-refractivity contribution is 6.16. The summed E-state index contributed by atoms with van der Waals surface area (Å²) < 4.78 is 10.3. The number of hydrogen-bond acceptors (Lipinski definition) is 6. The van der Waals surface area contributed by atoms with Crippen LogP contribution in [0.1, 0.15) is 37.4 Å². The van der Waals surface area contributed by atoms with Gasteiger partial charge in [-0.3, -0.25) is 19.4 Å². The van der Waals surface area contributed by atoms with E-state index in [1.807, 2.05) is 0 Å². The average molecular weight is 399 g/mol. The average Bonchev–Trinajstić information content (AvgIpc) is 2.72. The van der Waals surface area contributed by atoms with Crippen LogP contribution in [0.15, 0.2) is 48.7 Å². The monoisotopic (exact) mass is 399 g/mol. The molecule has 1 N–H and O–H groups in total. The number of nitrogens with zero attached hydrogens (tertiary/aromatic N) is 1. The lowest BCUT2D eigenvalue weighted by molar-refractivity contribution is -0.164. The van der Waals surface area contributed by atoms with Gasteiger partial charge in [0.05, 0.1) is 24.8 Å². The molecular formula is C22H25NO6. The van der Waals surface area contributed by atoms with Crippen LogP contribution in [0, 0.1) is 5.92 Å². The Morgan fingerprint density at radius 1 is 1.10 bits per heavy atom. The molecule has 7 heteroatoms. The van der Waals surface area contributed by atoms with E-state index in [-0.39, 0.29) is 6.42 Å². The second-order valence-electron chi connectivity index (χ2n) is 6.69. The minimum Gasteiger partial charge on any atom is -0.497 e. The van der Waals surface area contributed by atoms with Gasteiger partial charge in [0.1, 0.15) is 5.75 Å². The number of Topliss-reactive ketones (excluding diaryl/α,β-unsaturated/α-hetero) is 1. The molecule has 3 unspecified atom stereocenters. The van der Waals surface area contributed by atoms with Gasteiger partial charge in [-0.15, -0.1) is 0 Å². The van der Waals surface area contributed by atoms with E-state index < -0.39 is 35.7 Å². The van der Waals surface area contributed by atoms with E-state index in [1.54, 1.807) is 63.4 Å². The van der Waals surface area contributed by atoms with Crippen molar-refractivity contribution in [3.8, 4) is 5.75 Å². The van der Waals surface area contributed by atoms with Crippen LogP contribution in [0.4, 0.5) is 0 Å². The maximum Gasteiger partial charge on any atom is 0.328 e. The number of carbonyl (C=O) groups is 3. The number of carbonyl (C=O) groups excluding carboxylic acids is 2. The number of aromatic nitrogens is 1. The van der Waals surface area contributed by atoms with Crippen LogP contribution in [-0.4, -0.2) is 41.0 Å². The lowest BCUT2D eigenvalue weighted by Crippen LogP contribution is -2.38. The zero-order chi connectivity index (χ0) is 21.4. The van der Waals surface area contributed by atoms with Gasteiger partial charge >= 0.3 is 11.9 Å². The molecule has 0 radical (unpaired) electrons. The lowest BCUT2D eigenvalue weighted by Gasteiger charge is -2.20. The molecule has 0 amide bonds. The van der Waals surface area contributed by atoms with Crippen molar-refractivity contribution < 1.29 is 29.0 Å². The lowest BCUT2D eigenvalue weighted by atomic mass is 9.85. The van der Waals surface area contributed by atoms with Crippen LogP contribution in [0.5, 0.6) is 5.75 Å². The summed E-state index contributed by atoms with van der Waals surface area (Å²) in [7, 11) is 1.55. The van der Waals surface area contributed by atoms with Crippen molar-refractivity contribution in [2.75, 3.05) is 7.11 Å². The summed E-state index contributed by atoms with van der Waals surface area (Å²) in [6, 6.07) is 12.1. The molecule has 29 heavy (non-hydrogen) atoms. The molecule has 0 bridgehead atoms. The number of methoxy groups -OCH3 is 1. The Balaban J connectivity index is 2.36. The van der Waals surface area contributed by atoms with Crippen molar-refractivity contribution >= 4 is 17.7 Å².